The number of aryl methyl sites for hydroxylation is 2. The highest BCUT2D eigenvalue weighted by Crippen LogP contribution is 2.34. The molecule has 0 aliphatic carbocycles. The number of pyridine rings is 2. The lowest BCUT2D eigenvalue weighted by molar-refractivity contribution is -0.116. The van der Waals surface area contributed by atoms with Crippen LogP contribution >= 0.6 is 0 Å². The minimum atomic E-state index is -0.148. The van der Waals surface area contributed by atoms with Crippen molar-refractivity contribution < 1.29 is 9.18 Å². The van der Waals surface area contributed by atoms with E-state index in [4.69, 9.17) is 0 Å². The molecule has 3 aromatic heterocycles. The van der Waals surface area contributed by atoms with Crippen LogP contribution in [0.5, 0.6) is 0 Å². The fraction of sp³-hybridized carbons (Fsp3) is 0.500. The Morgan fingerprint density at radius 2 is 2.06 bits per heavy atom. The van der Waals surface area contributed by atoms with Crippen molar-refractivity contribution >= 4 is 23.1 Å². The summed E-state index contributed by atoms with van der Waals surface area (Å²) in [6.07, 6.45) is 8.20. The molecule has 1 fully saturated rings. The number of hydrogen-bond donors (Lipinski definition) is 1. The number of halogens is 1. The summed E-state index contributed by atoms with van der Waals surface area (Å²) in [6, 6.07) is 3.59. The molecule has 0 bridgehead atoms. The highest BCUT2D eigenvalue weighted by molar-refractivity contribution is 5.93. The molecule has 1 N–H and O–H groups in total. The number of nitrogens with one attached hydrogen (secondary N) is 1. The van der Waals surface area contributed by atoms with Crippen LogP contribution in [0.25, 0.3) is 5.65 Å². The number of hydrogen-bond acceptors (Lipinski definition) is 5. The molecular weight excluding hydrogens is 431 g/mol. The predicted molar refractivity (Wildman–Crippen MR) is 134 cm³/mol. The number of amides is 1. The molecule has 0 aromatic carbocycles. The molecule has 1 amide bonds. The van der Waals surface area contributed by atoms with Crippen molar-refractivity contribution in [1.82, 2.24) is 19.7 Å². The lowest BCUT2D eigenvalue weighted by atomic mass is 10.0. The Kier molecular flexibility index (Phi) is 6.89. The molecular formula is C26H35FN6O. The third-order valence-electron chi connectivity index (χ3n) is 6.40. The van der Waals surface area contributed by atoms with Gasteiger partial charge in [0.15, 0.2) is 0 Å². The van der Waals surface area contributed by atoms with Crippen LogP contribution in [-0.2, 0) is 17.6 Å². The Balaban J connectivity index is 0.000000172. The number of fused-ring (bicyclic) bond motifs is 2. The van der Waals surface area contributed by atoms with Crippen molar-refractivity contribution in [2.24, 2.45) is 0 Å². The van der Waals surface area contributed by atoms with Crippen molar-refractivity contribution in [3.63, 3.8) is 0 Å². The first-order chi connectivity index (χ1) is 16.2. The second-order valence-electron chi connectivity index (χ2n) is 9.83. The van der Waals surface area contributed by atoms with E-state index in [1.54, 1.807) is 11.8 Å². The molecule has 0 unspecified atom stereocenters. The summed E-state index contributed by atoms with van der Waals surface area (Å²) in [4.78, 5) is 24.5. The minimum absolute atomic E-state index is 0.0778. The average molecular weight is 467 g/mol. The normalized spacial score (nSPS) is 16.9. The van der Waals surface area contributed by atoms with E-state index in [0.717, 1.165) is 62.5 Å². The Hall–Kier alpha value is -3.00. The van der Waals surface area contributed by atoms with Crippen molar-refractivity contribution in [1.29, 1.82) is 0 Å². The zero-order valence-corrected chi connectivity index (χ0v) is 20.9. The lowest BCUT2D eigenvalue weighted by Crippen LogP contribution is -2.57. The Bertz CT molecular complexity index is 1190. The molecule has 0 spiro atoms. The summed E-state index contributed by atoms with van der Waals surface area (Å²) in [5.74, 6) is 0.783. The fourth-order valence-electron chi connectivity index (χ4n) is 4.86. The minimum Gasteiger partial charge on any atom is -0.368 e. The number of imidazole rings is 1. The average Bonchev–Trinajstić information content (AvgIpc) is 3.36. The van der Waals surface area contributed by atoms with E-state index in [-0.39, 0.29) is 17.3 Å². The summed E-state index contributed by atoms with van der Waals surface area (Å²) in [6.45, 7) is 13.7. The zero-order valence-electron chi connectivity index (χ0n) is 20.9. The SMILES string of the molecule is CC(=O)N1CCc2c(N3CCNC(C)(C)C3)ccnc21.CCCc1cn2cc(C)nc2cc1F. The van der Waals surface area contributed by atoms with Crippen molar-refractivity contribution in [3.8, 4) is 0 Å². The van der Waals surface area contributed by atoms with Crippen LogP contribution < -0.4 is 15.1 Å². The van der Waals surface area contributed by atoms with Crippen LogP contribution in [0.2, 0.25) is 0 Å². The molecule has 5 heterocycles. The summed E-state index contributed by atoms with van der Waals surface area (Å²) in [5, 5.41) is 3.53. The number of rotatable bonds is 3. The molecule has 3 aromatic rings. The largest absolute Gasteiger partial charge is 0.368 e. The molecule has 5 rings (SSSR count). The van der Waals surface area contributed by atoms with Gasteiger partial charge in [0.25, 0.3) is 0 Å². The highest BCUT2D eigenvalue weighted by atomic mass is 19.1. The molecule has 0 radical (unpaired) electrons. The van der Waals surface area contributed by atoms with Crippen molar-refractivity contribution in [2.45, 2.75) is 59.4 Å². The highest BCUT2D eigenvalue weighted by Gasteiger charge is 2.31. The number of aromatic nitrogens is 3. The zero-order chi connectivity index (χ0) is 24.5. The standard InChI is InChI=1S/C15H22N4O.C11H13FN2/c1-11(20)19-8-5-12-13(4-6-16-14(12)19)18-9-7-17-15(2,3)10-18;1-3-4-9-7-14-6-8(2)13-11(14)5-10(9)12/h4,6,17H,5,7-10H2,1-3H3;5-7H,3-4H2,1-2H3. The second kappa shape index (κ2) is 9.70. The van der Waals surface area contributed by atoms with Gasteiger partial charge in [-0.3, -0.25) is 9.69 Å². The van der Waals surface area contributed by atoms with Crippen LogP contribution in [0.15, 0.2) is 30.7 Å². The Morgan fingerprint density at radius 3 is 2.76 bits per heavy atom. The van der Waals surface area contributed by atoms with Crippen LogP contribution in [0, 0.1) is 12.7 Å². The molecule has 0 atom stereocenters. The molecule has 0 saturated carbocycles. The third-order valence-corrected chi connectivity index (χ3v) is 6.40. The van der Waals surface area contributed by atoms with Gasteiger partial charge in [0.2, 0.25) is 5.91 Å². The van der Waals surface area contributed by atoms with Crippen molar-refractivity contribution in [3.05, 3.63) is 53.4 Å². The van der Waals surface area contributed by atoms with Gasteiger partial charge in [-0.25, -0.2) is 14.4 Å². The van der Waals surface area contributed by atoms with Gasteiger partial charge in [-0.05, 0) is 39.7 Å². The maximum absolute atomic E-state index is 13.5. The molecule has 182 valence electrons. The van der Waals surface area contributed by atoms with Gasteiger partial charge in [-0.2, -0.15) is 0 Å². The van der Waals surface area contributed by atoms with Gasteiger partial charge in [-0.15, -0.1) is 0 Å². The predicted octanol–water partition coefficient (Wildman–Crippen LogP) is 3.91. The van der Waals surface area contributed by atoms with Gasteiger partial charge in [0, 0.05) is 80.1 Å². The van der Waals surface area contributed by atoms with E-state index in [0.29, 0.717) is 5.65 Å². The van der Waals surface area contributed by atoms with E-state index in [1.165, 1.54) is 17.3 Å². The van der Waals surface area contributed by atoms with E-state index in [2.05, 4.69) is 40.1 Å². The summed E-state index contributed by atoms with van der Waals surface area (Å²) in [5.41, 5.74) is 4.94. The first-order valence-corrected chi connectivity index (χ1v) is 12.1. The Labute approximate surface area is 201 Å². The maximum Gasteiger partial charge on any atom is 0.225 e. The van der Waals surface area contributed by atoms with E-state index >= 15 is 0 Å². The summed E-state index contributed by atoms with van der Waals surface area (Å²) < 4.78 is 15.3. The number of piperazine rings is 1. The molecule has 2 aliphatic rings. The van der Waals surface area contributed by atoms with E-state index in [1.807, 2.05) is 36.8 Å². The lowest BCUT2D eigenvalue weighted by Gasteiger charge is -2.41. The summed E-state index contributed by atoms with van der Waals surface area (Å²) in [7, 11) is 0. The van der Waals surface area contributed by atoms with Gasteiger partial charge < -0.3 is 14.6 Å². The second-order valence-corrected chi connectivity index (χ2v) is 9.83. The maximum atomic E-state index is 13.5. The monoisotopic (exact) mass is 466 g/mol. The number of carbonyl (C=O) groups excluding carboxylic acids is 1. The van der Waals surface area contributed by atoms with E-state index in [9.17, 15) is 9.18 Å². The first kappa shape index (κ1) is 24.1. The number of anilines is 2. The smallest absolute Gasteiger partial charge is 0.225 e. The molecule has 7 nitrogen and oxygen atoms in total. The van der Waals surface area contributed by atoms with Gasteiger partial charge in [0.05, 0.1) is 5.69 Å². The van der Waals surface area contributed by atoms with E-state index < -0.39 is 0 Å². The van der Waals surface area contributed by atoms with Crippen LogP contribution in [0.4, 0.5) is 15.9 Å². The topological polar surface area (TPSA) is 65.8 Å². The van der Waals surface area contributed by atoms with Crippen molar-refractivity contribution in [2.75, 3.05) is 36.0 Å². The van der Waals surface area contributed by atoms with Crippen LogP contribution in [0.1, 0.15) is 50.9 Å². The van der Waals surface area contributed by atoms with Gasteiger partial charge in [-0.1, -0.05) is 13.3 Å². The molecule has 34 heavy (non-hydrogen) atoms. The molecule has 1 saturated heterocycles. The Morgan fingerprint density at radius 1 is 1.26 bits per heavy atom. The molecule has 8 heteroatoms. The van der Waals surface area contributed by atoms with Gasteiger partial charge in [0.1, 0.15) is 17.3 Å². The number of carbonyl (C=O) groups is 1. The number of nitrogens with zero attached hydrogens (tertiary/aromatic N) is 5. The van der Waals surface area contributed by atoms with Gasteiger partial charge >= 0.3 is 0 Å². The quantitative estimate of drug-likeness (QED) is 0.634. The molecule has 2 aliphatic heterocycles. The van der Waals surface area contributed by atoms with Crippen LogP contribution in [0.3, 0.4) is 0 Å². The van der Waals surface area contributed by atoms with Crippen LogP contribution in [-0.4, -0.2) is 52.0 Å². The third kappa shape index (κ3) is 5.06. The fourth-order valence-corrected chi connectivity index (χ4v) is 4.86. The first-order valence-electron chi connectivity index (χ1n) is 12.1. The summed E-state index contributed by atoms with van der Waals surface area (Å²) >= 11 is 0.